The van der Waals surface area contributed by atoms with E-state index in [0.717, 1.165) is 0 Å². The van der Waals surface area contributed by atoms with E-state index in [1.165, 1.54) is 6.92 Å². The van der Waals surface area contributed by atoms with Gasteiger partial charge in [-0.1, -0.05) is 6.92 Å². The Labute approximate surface area is 136 Å². The normalized spacial score (nSPS) is 14.5. The number of Topliss-reactive ketones (excluding diaryl/α,β-unsaturated/α-hetero) is 1. The lowest BCUT2D eigenvalue weighted by atomic mass is 10.1. The van der Waals surface area contributed by atoms with Gasteiger partial charge in [-0.3, -0.25) is 14.4 Å². The molecule has 1 aliphatic rings. The summed E-state index contributed by atoms with van der Waals surface area (Å²) in [5, 5.41) is 0. The highest BCUT2D eigenvalue weighted by atomic mass is 16.5. The van der Waals surface area contributed by atoms with Crippen molar-refractivity contribution in [1.29, 1.82) is 0 Å². The number of nitrogens with zero attached hydrogens (tertiary/aromatic N) is 2. The van der Waals surface area contributed by atoms with Gasteiger partial charge in [0, 0.05) is 45.1 Å². The van der Waals surface area contributed by atoms with E-state index in [0.29, 0.717) is 43.9 Å². The maximum Gasteiger partial charge on any atom is 0.260 e. The van der Waals surface area contributed by atoms with Crippen LogP contribution in [0.15, 0.2) is 24.3 Å². The number of amides is 2. The second-order valence-electron chi connectivity index (χ2n) is 5.48. The lowest BCUT2D eigenvalue weighted by molar-refractivity contribution is -0.139. The van der Waals surface area contributed by atoms with E-state index < -0.39 is 0 Å². The highest BCUT2D eigenvalue weighted by Crippen LogP contribution is 2.14. The summed E-state index contributed by atoms with van der Waals surface area (Å²) in [6, 6.07) is 6.81. The van der Waals surface area contributed by atoms with E-state index in [1.54, 1.807) is 34.1 Å². The molecular weight excluding hydrogens is 296 g/mol. The van der Waals surface area contributed by atoms with Crippen molar-refractivity contribution in [2.24, 2.45) is 0 Å². The Kier molecular flexibility index (Phi) is 5.73. The van der Waals surface area contributed by atoms with Gasteiger partial charge < -0.3 is 14.5 Å². The van der Waals surface area contributed by atoms with Gasteiger partial charge in [-0.15, -0.1) is 0 Å². The van der Waals surface area contributed by atoms with E-state index in [-0.39, 0.29) is 24.2 Å². The monoisotopic (exact) mass is 318 g/mol. The number of carbonyl (C=O) groups is 3. The number of hydrogen-bond donors (Lipinski definition) is 0. The van der Waals surface area contributed by atoms with Crippen molar-refractivity contribution in [2.45, 2.75) is 20.3 Å². The number of benzene rings is 1. The first kappa shape index (κ1) is 17.0. The summed E-state index contributed by atoms with van der Waals surface area (Å²) in [4.78, 5) is 38.3. The van der Waals surface area contributed by atoms with E-state index in [4.69, 9.17) is 4.74 Å². The van der Waals surface area contributed by atoms with Gasteiger partial charge in [-0.25, -0.2) is 0 Å². The predicted molar refractivity (Wildman–Crippen MR) is 85.4 cm³/mol. The molecule has 0 radical (unpaired) electrons. The van der Waals surface area contributed by atoms with Crippen LogP contribution in [0.1, 0.15) is 30.6 Å². The van der Waals surface area contributed by atoms with Gasteiger partial charge in [0.2, 0.25) is 5.91 Å². The molecule has 1 fully saturated rings. The zero-order valence-corrected chi connectivity index (χ0v) is 13.6. The van der Waals surface area contributed by atoms with Crippen LogP contribution in [0.5, 0.6) is 5.75 Å². The molecule has 0 spiro atoms. The van der Waals surface area contributed by atoms with Crippen molar-refractivity contribution >= 4 is 17.6 Å². The number of piperazine rings is 1. The number of carbonyl (C=O) groups excluding carboxylic acids is 3. The predicted octanol–water partition coefficient (Wildman–Crippen LogP) is 1.35. The molecule has 0 aromatic heterocycles. The Balaban J connectivity index is 1.80. The second-order valence-corrected chi connectivity index (χ2v) is 5.48. The first-order valence-corrected chi connectivity index (χ1v) is 7.80. The maximum atomic E-state index is 12.1. The van der Waals surface area contributed by atoms with Crippen LogP contribution in [0.3, 0.4) is 0 Å². The second kappa shape index (κ2) is 7.76. The molecule has 1 heterocycles. The van der Waals surface area contributed by atoms with Crippen LogP contribution in [0.25, 0.3) is 0 Å². The number of ether oxygens (including phenoxy) is 1. The van der Waals surface area contributed by atoms with Gasteiger partial charge in [0.15, 0.2) is 12.4 Å². The van der Waals surface area contributed by atoms with Gasteiger partial charge in [0.05, 0.1) is 0 Å². The van der Waals surface area contributed by atoms with Crippen molar-refractivity contribution in [3.8, 4) is 5.75 Å². The van der Waals surface area contributed by atoms with Gasteiger partial charge in [-0.05, 0) is 24.3 Å². The summed E-state index contributed by atoms with van der Waals surface area (Å²) in [6.45, 7) is 5.51. The van der Waals surface area contributed by atoms with Crippen LogP contribution in [0.2, 0.25) is 0 Å². The first-order valence-electron chi connectivity index (χ1n) is 7.80. The van der Waals surface area contributed by atoms with E-state index in [1.807, 2.05) is 6.92 Å². The van der Waals surface area contributed by atoms with Gasteiger partial charge in [-0.2, -0.15) is 0 Å². The van der Waals surface area contributed by atoms with Crippen molar-refractivity contribution < 1.29 is 19.1 Å². The van der Waals surface area contributed by atoms with Gasteiger partial charge in [0.25, 0.3) is 5.91 Å². The molecule has 1 aromatic carbocycles. The summed E-state index contributed by atoms with van der Waals surface area (Å²) in [5.74, 6) is 0.585. The molecule has 0 unspecified atom stereocenters. The Morgan fingerprint density at radius 3 is 2.09 bits per heavy atom. The van der Waals surface area contributed by atoms with Crippen molar-refractivity contribution in [3.05, 3.63) is 29.8 Å². The summed E-state index contributed by atoms with van der Waals surface area (Å²) >= 11 is 0. The lowest BCUT2D eigenvalue weighted by Crippen LogP contribution is -2.51. The molecule has 6 nitrogen and oxygen atoms in total. The molecule has 0 N–H and O–H groups in total. The fourth-order valence-electron chi connectivity index (χ4n) is 2.45. The molecule has 1 saturated heterocycles. The first-order chi connectivity index (χ1) is 11.0. The minimum absolute atomic E-state index is 0.0371. The standard InChI is InChI=1S/C17H22N2O4/c1-3-16(21)14-4-6-15(7-5-14)23-12-17(22)19-10-8-18(9-11-19)13(2)20/h4-7H,3,8-12H2,1-2H3. The molecule has 6 heteroatoms. The smallest absolute Gasteiger partial charge is 0.260 e. The Bertz CT molecular complexity index is 575. The summed E-state index contributed by atoms with van der Waals surface area (Å²) < 4.78 is 5.48. The highest BCUT2D eigenvalue weighted by Gasteiger charge is 2.22. The Morgan fingerprint density at radius 1 is 1.00 bits per heavy atom. The Morgan fingerprint density at radius 2 is 1.57 bits per heavy atom. The third kappa shape index (κ3) is 4.55. The van der Waals surface area contributed by atoms with Crippen LogP contribution >= 0.6 is 0 Å². The van der Waals surface area contributed by atoms with Gasteiger partial charge in [0.1, 0.15) is 5.75 Å². The minimum Gasteiger partial charge on any atom is -0.484 e. The topological polar surface area (TPSA) is 66.9 Å². The van der Waals surface area contributed by atoms with Crippen molar-refractivity contribution in [1.82, 2.24) is 9.80 Å². The van der Waals surface area contributed by atoms with Crippen LogP contribution in [0.4, 0.5) is 0 Å². The average Bonchev–Trinajstić information content (AvgIpc) is 2.59. The van der Waals surface area contributed by atoms with Crippen LogP contribution in [-0.4, -0.2) is 60.2 Å². The molecular formula is C17H22N2O4. The molecule has 0 bridgehead atoms. The molecule has 0 atom stereocenters. The van der Waals surface area contributed by atoms with E-state index >= 15 is 0 Å². The highest BCUT2D eigenvalue weighted by molar-refractivity contribution is 5.95. The minimum atomic E-state index is -0.0955. The summed E-state index contributed by atoms with van der Waals surface area (Å²) in [5.41, 5.74) is 0.645. The van der Waals surface area contributed by atoms with Crippen LogP contribution in [0, 0.1) is 0 Å². The molecule has 0 aliphatic carbocycles. The van der Waals surface area contributed by atoms with Crippen molar-refractivity contribution in [3.63, 3.8) is 0 Å². The lowest BCUT2D eigenvalue weighted by Gasteiger charge is -2.34. The summed E-state index contributed by atoms with van der Waals surface area (Å²) in [6.07, 6.45) is 0.463. The number of hydrogen-bond acceptors (Lipinski definition) is 4. The molecule has 124 valence electrons. The Hall–Kier alpha value is -2.37. The maximum absolute atomic E-state index is 12.1. The van der Waals surface area contributed by atoms with Gasteiger partial charge >= 0.3 is 0 Å². The quantitative estimate of drug-likeness (QED) is 0.769. The average molecular weight is 318 g/mol. The molecule has 0 saturated carbocycles. The number of rotatable bonds is 5. The largest absolute Gasteiger partial charge is 0.484 e. The molecule has 2 amide bonds. The zero-order chi connectivity index (χ0) is 16.8. The number of ketones is 1. The fraction of sp³-hybridized carbons (Fsp3) is 0.471. The van der Waals surface area contributed by atoms with E-state index in [2.05, 4.69) is 0 Å². The van der Waals surface area contributed by atoms with Crippen LogP contribution < -0.4 is 4.74 Å². The zero-order valence-electron chi connectivity index (χ0n) is 13.6. The molecule has 1 aliphatic heterocycles. The van der Waals surface area contributed by atoms with Crippen LogP contribution in [-0.2, 0) is 9.59 Å². The SMILES string of the molecule is CCC(=O)c1ccc(OCC(=O)N2CCN(C(C)=O)CC2)cc1. The van der Waals surface area contributed by atoms with E-state index in [9.17, 15) is 14.4 Å². The van der Waals surface area contributed by atoms with Crippen molar-refractivity contribution in [2.75, 3.05) is 32.8 Å². The third-order valence-electron chi connectivity index (χ3n) is 3.94. The third-order valence-corrected chi connectivity index (χ3v) is 3.94. The molecule has 2 rings (SSSR count). The molecule has 23 heavy (non-hydrogen) atoms. The summed E-state index contributed by atoms with van der Waals surface area (Å²) in [7, 11) is 0. The molecule has 1 aromatic rings. The fourth-order valence-corrected chi connectivity index (χ4v) is 2.45.